The van der Waals surface area contributed by atoms with Gasteiger partial charge in [0.25, 0.3) is 0 Å². The van der Waals surface area contributed by atoms with E-state index >= 15 is 0 Å². The van der Waals surface area contributed by atoms with Gasteiger partial charge in [0.1, 0.15) is 0 Å². The van der Waals surface area contributed by atoms with E-state index in [0.29, 0.717) is 17.6 Å². The van der Waals surface area contributed by atoms with Crippen LogP contribution in [-0.4, -0.2) is 46.3 Å². The van der Waals surface area contributed by atoms with Gasteiger partial charge in [-0.1, -0.05) is 18.2 Å². The van der Waals surface area contributed by atoms with Gasteiger partial charge in [0, 0.05) is 11.8 Å². The van der Waals surface area contributed by atoms with E-state index in [0.717, 1.165) is 36.9 Å². The fourth-order valence-electron chi connectivity index (χ4n) is 3.49. The monoisotopic (exact) mass is 374 g/mol. The molecule has 3 unspecified atom stereocenters. The third-order valence-electron chi connectivity index (χ3n) is 4.95. The summed E-state index contributed by atoms with van der Waals surface area (Å²) >= 11 is 0. The van der Waals surface area contributed by atoms with Crippen LogP contribution in [0.25, 0.3) is 0 Å². The van der Waals surface area contributed by atoms with E-state index in [4.69, 9.17) is 23.7 Å². The first-order valence-electron chi connectivity index (χ1n) is 8.91. The van der Waals surface area contributed by atoms with E-state index in [1.54, 1.807) is 33.5 Å². The zero-order valence-corrected chi connectivity index (χ0v) is 15.9. The van der Waals surface area contributed by atoms with Gasteiger partial charge < -0.3 is 28.8 Å². The Kier molecular flexibility index (Phi) is 6.42. The number of phenolic OH excluding ortho intramolecular Hbond substituents is 1. The number of para-hydroxylation sites is 2. The standard InChI is InChI=1S/C13H16O4.C8H10O2/c1-15-12-3-2-8(4-11(12)14)13-10-7-16-5-9(10)6-17-13;1-9-7-5-3-4-6-8(7)10-2/h2-4,9-10,13-14H,5-7H2,1H3;3-6H,1-2H3. The summed E-state index contributed by atoms with van der Waals surface area (Å²) in [6.45, 7) is 2.30. The Morgan fingerprint density at radius 3 is 2.11 bits per heavy atom. The maximum atomic E-state index is 9.78. The number of ether oxygens (including phenoxy) is 5. The first-order chi connectivity index (χ1) is 13.2. The molecule has 0 saturated carbocycles. The summed E-state index contributed by atoms with van der Waals surface area (Å²) in [7, 11) is 4.79. The number of hydrogen-bond donors (Lipinski definition) is 1. The number of methoxy groups -OCH3 is 3. The minimum atomic E-state index is 0.0410. The normalized spacial score (nSPS) is 23.1. The summed E-state index contributed by atoms with van der Waals surface area (Å²) in [6, 6.07) is 13.0. The van der Waals surface area contributed by atoms with Crippen LogP contribution in [0.5, 0.6) is 23.0 Å². The molecular weight excluding hydrogens is 348 g/mol. The van der Waals surface area contributed by atoms with Crippen LogP contribution in [0.4, 0.5) is 0 Å². The lowest BCUT2D eigenvalue weighted by atomic mass is 9.90. The SMILES string of the molecule is COc1ccc(C2OCC3COCC32)cc1O.COc1ccccc1OC. The molecule has 0 aromatic heterocycles. The topological polar surface area (TPSA) is 66.4 Å². The van der Waals surface area contributed by atoms with Crippen molar-refractivity contribution in [2.75, 3.05) is 41.2 Å². The van der Waals surface area contributed by atoms with Gasteiger partial charge in [-0.25, -0.2) is 0 Å². The van der Waals surface area contributed by atoms with E-state index in [-0.39, 0.29) is 11.9 Å². The Bertz CT molecular complexity index is 724. The summed E-state index contributed by atoms with van der Waals surface area (Å²) < 4.78 is 26.3. The molecule has 3 atom stereocenters. The average Bonchev–Trinajstić information content (AvgIpc) is 3.32. The predicted octanol–water partition coefficient (Wildman–Crippen LogP) is 3.44. The van der Waals surface area contributed by atoms with Crippen LogP contribution in [0.2, 0.25) is 0 Å². The summed E-state index contributed by atoms with van der Waals surface area (Å²) in [5, 5.41) is 9.78. The molecule has 2 aliphatic heterocycles. The molecule has 6 nitrogen and oxygen atoms in total. The van der Waals surface area contributed by atoms with Crippen LogP contribution in [-0.2, 0) is 9.47 Å². The largest absolute Gasteiger partial charge is 0.504 e. The lowest BCUT2D eigenvalue weighted by Crippen LogP contribution is -2.12. The van der Waals surface area contributed by atoms with E-state index in [1.165, 1.54) is 0 Å². The second-order valence-corrected chi connectivity index (χ2v) is 6.50. The fraction of sp³-hybridized carbons (Fsp3) is 0.429. The Balaban J connectivity index is 0.000000180. The highest BCUT2D eigenvalue weighted by Crippen LogP contribution is 2.43. The van der Waals surface area contributed by atoms with Crippen molar-refractivity contribution in [3.8, 4) is 23.0 Å². The number of aromatic hydroxyl groups is 1. The molecule has 6 heteroatoms. The summed E-state index contributed by atoms with van der Waals surface area (Å²) in [4.78, 5) is 0. The van der Waals surface area contributed by atoms with Gasteiger partial charge in [-0.2, -0.15) is 0 Å². The summed E-state index contributed by atoms with van der Waals surface area (Å²) in [6.07, 6.45) is 0.0410. The zero-order chi connectivity index (χ0) is 19.2. The van der Waals surface area contributed by atoms with Crippen molar-refractivity contribution in [2.24, 2.45) is 11.8 Å². The molecular formula is C21H26O6. The van der Waals surface area contributed by atoms with Crippen LogP contribution in [0, 0.1) is 11.8 Å². The van der Waals surface area contributed by atoms with Crippen molar-refractivity contribution in [1.82, 2.24) is 0 Å². The van der Waals surface area contributed by atoms with Crippen LogP contribution >= 0.6 is 0 Å². The Morgan fingerprint density at radius 2 is 1.52 bits per heavy atom. The smallest absolute Gasteiger partial charge is 0.160 e. The van der Waals surface area contributed by atoms with E-state index in [1.807, 2.05) is 30.3 Å². The second-order valence-electron chi connectivity index (χ2n) is 6.50. The molecule has 0 spiro atoms. The number of benzene rings is 2. The first kappa shape index (κ1) is 19.3. The number of hydrogen-bond acceptors (Lipinski definition) is 6. The van der Waals surface area contributed by atoms with Crippen LogP contribution < -0.4 is 14.2 Å². The highest BCUT2D eigenvalue weighted by molar-refractivity contribution is 5.42. The average molecular weight is 374 g/mol. The van der Waals surface area contributed by atoms with Crippen molar-refractivity contribution in [1.29, 1.82) is 0 Å². The maximum absolute atomic E-state index is 9.78. The van der Waals surface area contributed by atoms with Crippen LogP contribution in [0.3, 0.4) is 0 Å². The van der Waals surface area contributed by atoms with Gasteiger partial charge in [-0.3, -0.25) is 0 Å². The molecule has 0 aliphatic carbocycles. The third kappa shape index (κ3) is 4.28. The molecule has 0 amide bonds. The second kappa shape index (κ2) is 8.97. The molecule has 146 valence electrons. The zero-order valence-electron chi connectivity index (χ0n) is 15.9. The molecule has 2 aromatic carbocycles. The minimum Gasteiger partial charge on any atom is -0.504 e. The van der Waals surface area contributed by atoms with E-state index in [9.17, 15) is 5.11 Å². The van der Waals surface area contributed by atoms with Crippen molar-refractivity contribution < 1.29 is 28.8 Å². The highest BCUT2D eigenvalue weighted by atomic mass is 16.5. The van der Waals surface area contributed by atoms with Crippen LogP contribution in [0.15, 0.2) is 42.5 Å². The fourth-order valence-corrected chi connectivity index (χ4v) is 3.49. The molecule has 0 bridgehead atoms. The maximum Gasteiger partial charge on any atom is 0.160 e. The Labute approximate surface area is 159 Å². The summed E-state index contributed by atoms with van der Waals surface area (Å²) in [5.74, 6) is 3.11. The third-order valence-corrected chi connectivity index (χ3v) is 4.95. The molecule has 1 N–H and O–H groups in total. The molecule has 27 heavy (non-hydrogen) atoms. The lowest BCUT2D eigenvalue weighted by molar-refractivity contribution is 0.0501. The van der Waals surface area contributed by atoms with Gasteiger partial charge >= 0.3 is 0 Å². The van der Waals surface area contributed by atoms with Crippen molar-refractivity contribution in [2.45, 2.75) is 6.10 Å². The van der Waals surface area contributed by atoms with E-state index in [2.05, 4.69) is 0 Å². The quantitative estimate of drug-likeness (QED) is 0.884. The van der Waals surface area contributed by atoms with Crippen molar-refractivity contribution in [3.63, 3.8) is 0 Å². The highest BCUT2D eigenvalue weighted by Gasteiger charge is 2.42. The number of phenols is 1. The van der Waals surface area contributed by atoms with Crippen molar-refractivity contribution in [3.05, 3.63) is 48.0 Å². The lowest BCUT2D eigenvalue weighted by Gasteiger charge is -2.17. The molecule has 2 saturated heterocycles. The molecule has 4 rings (SSSR count). The predicted molar refractivity (Wildman–Crippen MR) is 101 cm³/mol. The molecule has 2 aromatic rings. The van der Waals surface area contributed by atoms with E-state index < -0.39 is 0 Å². The van der Waals surface area contributed by atoms with Gasteiger partial charge in [0.05, 0.1) is 47.3 Å². The minimum absolute atomic E-state index is 0.0410. The Morgan fingerprint density at radius 1 is 0.852 bits per heavy atom. The van der Waals surface area contributed by atoms with Gasteiger partial charge in [0.2, 0.25) is 0 Å². The first-order valence-corrected chi connectivity index (χ1v) is 8.91. The number of rotatable bonds is 4. The molecule has 2 heterocycles. The molecule has 2 fully saturated rings. The molecule has 2 aliphatic rings. The van der Waals surface area contributed by atoms with Gasteiger partial charge in [0.15, 0.2) is 23.0 Å². The summed E-state index contributed by atoms with van der Waals surface area (Å²) in [5.41, 5.74) is 1.00. The van der Waals surface area contributed by atoms with Crippen LogP contribution in [0.1, 0.15) is 11.7 Å². The molecule has 0 radical (unpaired) electrons. The van der Waals surface area contributed by atoms with Gasteiger partial charge in [-0.05, 0) is 29.8 Å². The Hall–Kier alpha value is -2.44. The van der Waals surface area contributed by atoms with Gasteiger partial charge in [-0.15, -0.1) is 0 Å². The van der Waals surface area contributed by atoms with Crippen molar-refractivity contribution >= 4 is 0 Å². The number of fused-ring (bicyclic) bond motifs is 1.